The topological polar surface area (TPSA) is 111 Å². The van der Waals surface area contributed by atoms with Crippen LogP contribution < -0.4 is 11.2 Å². The Labute approximate surface area is 196 Å². The van der Waals surface area contributed by atoms with Crippen molar-refractivity contribution in [3.05, 3.63) is 68.0 Å². The van der Waals surface area contributed by atoms with Crippen molar-refractivity contribution in [3.63, 3.8) is 0 Å². The van der Waals surface area contributed by atoms with Crippen molar-refractivity contribution in [1.29, 1.82) is 0 Å². The number of carbonyl (C=O) groups is 1. The predicted molar refractivity (Wildman–Crippen MR) is 126 cm³/mol. The number of carbonyl (C=O) groups excluding carboxylic acids is 1. The van der Waals surface area contributed by atoms with Crippen LogP contribution in [0.25, 0.3) is 12.2 Å². The fourth-order valence-corrected chi connectivity index (χ4v) is 3.82. The summed E-state index contributed by atoms with van der Waals surface area (Å²) in [4.78, 5) is 38.5. The number of hydrogen-bond acceptors (Lipinski definition) is 6. The Hall–Kier alpha value is -2.68. The van der Waals surface area contributed by atoms with E-state index in [1.807, 2.05) is 12.1 Å². The highest BCUT2D eigenvalue weighted by Gasteiger charge is 2.38. The van der Waals surface area contributed by atoms with Gasteiger partial charge in [-0.15, -0.1) is 11.6 Å². The highest BCUT2D eigenvalue weighted by molar-refractivity contribution is 6.26. The molecule has 1 aromatic heterocycles. The highest BCUT2D eigenvalue weighted by Crippen LogP contribution is 2.30. The first-order valence-corrected chi connectivity index (χ1v) is 11.6. The Morgan fingerprint density at radius 2 is 2.03 bits per heavy atom. The van der Waals surface area contributed by atoms with Gasteiger partial charge in [0.05, 0.1) is 12.2 Å². The van der Waals surface area contributed by atoms with E-state index in [0.29, 0.717) is 0 Å². The van der Waals surface area contributed by atoms with E-state index >= 15 is 0 Å². The van der Waals surface area contributed by atoms with Gasteiger partial charge in [-0.2, -0.15) is 0 Å². The van der Waals surface area contributed by atoms with Crippen molar-refractivity contribution >= 4 is 29.7 Å². The summed E-state index contributed by atoms with van der Waals surface area (Å²) in [5, 5.41) is 9.54. The van der Waals surface area contributed by atoms with Gasteiger partial charge in [-0.3, -0.25) is 19.1 Å². The number of halogens is 1. The molecule has 33 heavy (non-hydrogen) atoms. The molecule has 8 nitrogen and oxygen atoms in total. The smallest absolute Gasteiger partial charge is 0.330 e. The fourth-order valence-electron chi connectivity index (χ4n) is 3.75. The van der Waals surface area contributed by atoms with Crippen LogP contribution in [0, 0.1) is 0 Å². The van der Waals surface area contributed by atoms with Crippen LogP contribution in [0.2, 0.25) is 0 Å². The summed E-state index contributed by atoms with van der Waals surface area (Å²) in [5.41, 5.74) is 1.29. The first-order chi connectivity index (χ1) is 15.9. The third-order valence-electron chi connectivity index (χ3n) is 5.56. The second-order valence-corrected chi connectivity index (χ2v) is 8.26. The lowest BCUT2D eigenvalue weighted by Crippen LogP contribution is -2.33. The lowest BCUT2D eigenvalue weighted by atomic mass is 10.0. The van der Waals surface area contributed by atoms with Crippen LogP contribution >= 0.6 is 11.6 Å². The SMILES string of the molecule is CCCCCc1ccc(/C=C/c2cn(C3CC(OC(=O)CCl)C(CO)O3)c(=O)[nH]c2=O)cc1. The standard InChI is InChI=1S/C24H29ClN2O6/c1-2-3-4-5-16-6-8-17(9-7-16)10-11-18-14-27(24(31)26-23(18)30)21-12-19(20(15-28)32-21)33-22(29)13-25/h6-11,14,19-21,28H,2-5,12-13,15H2,1H3,(H,26,30,31)/b11-10+. The van der Waals surface area contributed by atoms with Crippen LogP contribution in [0.15, 0.2) is 40.1 Å². The van der Waals surface area contributed by atoms with E-state index < -0.39 is 42.3 Å². The van der Waals surface area contributed by atoms with Crippen molar-refractivity contribution in [2.45, 2.75) is 57.5 Å². The van der Waals surface area contributed by atoms with Crippen molar-refractivity contribution in [1.82, 2.24) is 9.55 Å². The molecule has 3 rings (SSSR count). The Kier molecular flexibility index (Phi) is 9.05. The monoisotopic (exact) mass is 476 g/mol. The summed E-state index contributed by atoms with van der Waals surface area (Å²) >= 11 is 5.48. The zero-order valence-corrected chi connectivity index (χ0v) is 19.3. The number of nitrogens with zero attached hydrogens (tertiary/aromatic N) is 1. The molecule has 1 saturated heterocycles. The minimum absolute atomic E-state index is 0.141. The van der Waals surface area contributed by atoms with E-state index in [9.17, 15) is 19.5 Å². The van der Waals surface area contributed by atoms with E-state index in [2.05, 4.69) is 24.0 Å². The molecular weight excluding hydrogens is 448 g/mol. The number of benzene rings is 1. The zero-order valence-electron chi connectivity index (χ0n) is 18.5. The molecule has 1 aliphatic heterocycles. The third kappa shape index (κ3) is 6.66. The molecule has 2 heterocycles. The molecule has 178 valence electrons. The molecule has 2 N–H and O–H groups in total. The number of ether oxygens (including phenoxy) is 2. The number of alkyl halides is 1. The molecule has 0 aliphatic carbocycles. The lowest BCUT2D eigenvalue weighted by Gasteiger charge is -2.15. The Morgan fingerprint density at radius 3 is 2.70 bits per heavy atom. The number of unbranched alkanes of at least 4 members (excludes halogenated alkanes) is 2. The first-order valence-electron chi connectivity index (χ1n) is 11.1. The van der Waals surface area contributed by atoms with Crippen LogP contribution in [0.4, 0.5) is 0 Å². The van der Waals surface area contributed by atoms with E-state index in [1.165, 1.54) is 29.2 Å². The van der Waals surface area contributed by atoms with E-state index in [-0.39, 0.29) is 17.9 Å². The van der Waals surface area contributed by atoms with Gasteiger partial charge in [-0.25, -0.2) is 4.79 Å². The first kappa shape index (κ1) is 25.0. The molecule has 0 amide bonds. The number of aryl methyl sites for hydroxylation is 1. The van der Waals surface area contributed by atoms with Gasteiger partial charge in [0.2, 0.25) is 0 Å². The maximum atomic E-state index is 12.4. The summed E-state index contributed by atoms with van der Waals surface area (Å²) < 4.78 is 12.1. The highest BCUT2D eigenvalue weighted by atomic mass is 35.5. The van der Waals surface area contributed by atoms with Crippen molar-refractivity contribution < 1.29 is 19.4 Å². The summed E-state index contributed by atoms with van der Waals surface area (Å²) in [7, 11) is 0. The molecule has 3 unspecified atom stereocenters. The van der Waals surface area contributed by atoms with E-state index in [1.54, 1.807) is 12.2 Å². The maximum Gasteiger partial charge on any atom is 0.330 e. The minimum Gasteiger partial charge on any atom is -0.458 e. The summed E-state index contributed by atoms with van der Waals surface area (Å²) in [6.45, 7) is 1.78. The Balaban J connectivity index is 1.75. The second-order valence-electron chi connectivity index (χ2n) is 7.99. The molecule has 1 fully saturated rings. The van der Waals surface area contributed by atoms with Gasteiger partial charge in [0.15, 0.2) is 0 Å². The number of esters is 1. The lowest BCUT2D eigenvalue weighted by molar-refractivity contribution is -0.150. The van der Waals surface area contributed by atoms with Gasteiger partial charge < -0.3 is 14.6 Å². The number of aliphatic hydroxyl groups excluding tert-OH is 1. The number of aromatic amines is 1. The Bertz CT molecular complexity index is 1080. The predicted octanol–water partition coefficient (Wildman–Crippen LogP) is 2.87. The van der Waals surface area contributed by atoms with E-state index in [0.717, 1.165) is 18.4 Å². The molecule has 0 spiro atoms. The van der Waals surface area contributed by atoms with Crippen molar-refractivity contribution in [2.75, 3.05) is 12.5 Å². The van der Waals surface area contributed by atoms with Gasteiger partial charge in [0.25, 0.3) is 5.56 Å². The zero-order chi connectivity index (χ0) is 23.8. The van der Waals surface area contributed by atoms with Crippen molar-refractivity contribution in [2.24, 2.45) is 0 Å². The van der Waals surface area contributed by atoms with Crippen LogP contribution in [0.5, 0.6) is 0 Å². The minimum atomic E-state index is -0.811. The van der Waals surface area contributed by atoms with Gasteiger partial charge in [0.1, 0.15) is 24.3 Å². The normalized spacial score (nSPS) is 20.4. The third-order valence-corrected chi connectivity index (χ3v) is 5.78. The molecular formula is C24H29ClN2O6. The van der Waals surface area contributed by atoms with Crippen LogP contribution in [0.1, 0.15) is 55.5 Å². The van der Waals surface area contributed by atoms with Crippen LogP contribution in [-0.4, -0.2) is 45.3 Å². The van der Waals surface area contributed by atoms with Crippen LogP contribution in [0.3, 0.4) is 0 Å². The molecule has 9 heteroatoms. The number of aliphatic hydroxyl groups is 1. The molecule has 1 aliphatic rings. The molecule has 0 saturated carbocycles. The number of H-pyrrole nitrogens is 1. The summed E-state index contributed by atoms with van der Waals surface area (Å²) in [5.74, 6) is -0.967. The number of rotatable bonds is 10. The molecule has 0 bridgehead atoms. The molecule has 3 atom stereocenters. The van der Waals surface area contributed by atoms with Gasteiger partial charge >= 0.3 is 11.7 Å². The number of nitrogens with one attached hydrogen (secondary N) is 1. The van der Waals surface area contributed by atoms with Gasteiger partial charge in [-0.1, -0.05) is 50.1 Å². The molecule has 1 aromatic carbocycles. The quantitative estimate of drug-likeness (QED) is 0.310. The van der Waals surface area contributed by atoms with Gasteiger partial charge in [0, 0.05) is 12.6 Å². The molecule has 0 radical (unpaired) electrons. The van der Waals surface area contributed by atoms with Crippen LogP contribution in [-0.2, 0) is 20.7 Å². The Morgan fingerprint density at radius 1 is 1.27 bits per heavy atom. The van der Waals surface area contributed by atoms with Crippen molar-refractivity contribution in [3.8, 4) is 0 Å². The largest absolute Gasteiger partial charge is 0.458 e. The maximum absolute atomic E-state index is 12.4. The average Bonchev–Trinajstić information content (AvgIpc) is 3.21. The van der Waals surface area contributed by atoms with E-state index in [4.69, 9.17) is 21.1 Å². The van der Waals surface area contributed by atoms with Gasteiger partial charge in [-0.05, 0) is 30.0 Å². The number of aromatic nitrogens is 2. The fraction of sp³-hybridized carbons (Fsp3) is 0.458. The number of hydrogen-bond donors (Lipinski definition) is 2. The second kappa shape index (κ2) is 12.0. The average molecular weight is 477 g/mol. The molecule has 2 aromatic rings. The summed E-state index contributed by atoms with van der Waals surface area (Å²) in [6.07, 6.45) is 7.21. The summed E-state index contributed by atoms with van der Waals surface area (Å²) in [6, 6.07) is 8.13.